The fraction of sp³-hybridized carbons (Fsp3) is 0.316. The molecule has 2 aliphatic rings. The van der Waals surface area contributed by atoms with E-state index in [4.69, 9.17) is 10.00 Å². The van der Waals surface area contributed by atoms with Gasteiger partial charge in [-0.05, 0) is 55.3 Å². The van der Waals surface area contributed by atoms with Gasteiger partial charge in [0.25, 0.3) is 11.6 Å². The van der Waals surface area contributed by atoms with E-state index in [1.807, 2.05) is 0 Å². The van der Waals surface area contributed by atoms with Crippen molar-refractivity contribution in [2.75, 3.05) is 6.54 Å². The first kappa shape index (κ1) is 20.6. The van der Waals surface area contributed by atoms with Gasteiger partial charge in [0, 0.05) is 6.54 Å². The number of rotatable bonds is 3. The van der Waals surface area contributed by atoms with Crippen LogP contribution in [0, 0.1) is 11.3 Å². The second kappa shape index (κ2) is 7.03. The van der Waals surface area contributed by atoms with E-state index in [0.717, 1.165) is 18.2 Å². The number of hydrogen-bond acceptors (Lipinski definition) is 5. The smallest absolute Gasteiger partial charge is 0.416 e. The highest BCUT2D eigenvalue weighted by Crippen LogP contribution is 2.46. The summed E-state index contributed by atoms with van der Waals surface area (Å²) in [6, 6.07) is 4.90. The normalized spacial score (nSPS) is 23.2. The summed E-state index contributed by atoms with van der Waals surface area (Å²) in [6.45, 7) is 1.35. The molecule has 29 heavy (non-hydrogen) atoms. The zero-order valence-corrected chi connectivity index (χ0v) is 15.0. The second-order valence-electron chi connectivity index (χ2n) is 6.24. The number of hydrogen-bond donors (Lipinski definition) is 1. The SMILES string of the molecule is CCN1N=C(Oc2ccc(C(F)(F)F)cc2)C(F)(F)C1(O)C1=CC(C#N)=C=CC1. The Balaban J connectivity index is 1.93. The number of hydrazone groups is 1. The molecule has 1 aromatic rings. The molecule has 10 heteroatoms. The third-order valence-electron chi connectivity index (χ3n) is 4.45. The van der Waals surface area contributed by atoms with Crippen LogP contribution in [-0.4, -0.2) is 34.2 Å². The van der Waals surface area contributed by atoms with Gasteiger partial charge in [0.2, 0.25) is 0 Å². The van der Waals surface area contributed by atoms with E-state index in [9.17, 15) is 18.3 Å². The maximum Gasteiger partial charge on any atom is 0.416 e. The molecule has 0 saturated heterocycles. The summed E-state index contributed by atoms with van der Waals surface area (Å²) >= 11 is 0. The van der Waals surface area contributed by atoms with Crippen molar-refractivity contribution < 1.29 is 31.8 Å². The van der Waals surface area contributed by atoms with Gasteiger partial charge in [0.15, 0.2) is 0 Å². The molecule has 1 heterocycles. The molecule has 0 fully saturated rings. The average Bonchev–Trinajstić information content (AvgIpc) is 2.88. The van der Waals surface area contributed by atoms with Crippen molar-refractivity contribution >= 4 is 5.90 Å². The number of alkyl halides is 5. The first-order valence-electron chi connectivity index (χ1n) is 8.42. The molecular weight excluding hydrogens is 397 g/mol. The van der Waals surface area contributed by atoms with E-state index >= 15 is 8.78 Å². The number of allylic oxidation sites excluding steroid dienone is 2. The predicted octanol–water partition coefficient (Wildman–Crippen LogP) is 3.99. The van der Waals surface area contributed by atoms with E-state index in [0.29, 0.717) is 17.1 Å². The van der Waals surface area contributed by atoms with Crippen molar-refractivity contribution in [1.29, 1.82) is 5.26 Å². The minimum absolute atomic E-state index is 0.0383. The summed E-state index contributed by atoms with van der Waals surface area (Å²) in [6.07, 6.45) is -2.24. The molecule has 1 aliphatic heterocycles. The molecule has 0 saturated carbocycles. The number of benzene rings is 1. The highest BCUT2D eigenvalue weighted by atomic mass is 19.4. The first-order valence-corrected chi connectivity index (χ1v) is 8.42. The van der Waals surface area contributed by atoms with Crippen molar-refractivity contribution in [1.82, 2.24) is 5.01 Å². The lowest BCUT2D eigenvalue weighted by atomic mass is 9.89. The van der Waals surface area contributed by atoms with Crippen LogP contribution in [0.5, 0.6) is 5.75 Å². The van der Waals surface area contributed by atoms with Crippen LogP contribution in [0.2, 0.25) is 0 Å². The summed E-state index contributed by atoms with van der Waals surface area (Å²) < 4.78 is 73.3. The summed E-state index contributed by atoms with van der Waals surface area (Å²) in [5.74, 6) is -5.50. The molecule has 5 nitrogen and oxygen atoms in total. The van der Waals surface area contributed by atoms with Crippen LogP contribution in [-0.2, 0) is 6.18 Å². The Morgan fingerprint density at radius 3 is 2.52 bits per heavy atom. The molecular formula is C19H14F5N3O2. The van der Waals surface area contributed by atoms with E-state index in [1.165, 1.54) is 13.0 Å². The lowest BCUT2D eigenvalue weighted by Crippen LogP contribution is -2.58. The molecule has 152 valence electrons. The van der Waals surface area contributed by atoms with E-state index in [1.54, 1.807) is 6.07 Å². The molecule has 0 spiro atoms. The van der Waals surface area contributed by atoms with E-state index in [-0.39, 0.29) is 29.9 Å². The Morgan fingerprint density at radius 2 is 1.97 bits per heavy atom. The van der Waals surface area contributed by atoms with Gasteiger partial charge in [-0.2, -0.15) is 27.2 Å². The molecule has 1 atom stereocenters. The van der Waals surface area contributed by atoms with Crippen LogP contribution in [0.15, 0.2) is 58.4 Å². The molecule has 0 radical (unpaired) electrons. The number of nitrogens with zero attached hydrogens (tertiary/aromatic N) is 3. The Kier molecular flexibility index (Phi) is 4.99. The summed E-state index contributed by atoms with van der Waals surface area (Å²) in [7, 11) is 0. The lowest BCUT2D eigenvalue weighted by molar-refractivity contribution is -0.185. The van der Waals surface area contributed by atoms with Gasteiger partial charge in [-0.15, -0.1) is 10.8 Å². The molecule has 3 rings (SSSR count). The van der Waals surface area contributed by atoms with Crippen LogP contribution in [0.1, 0.15) is 18.9 Å². The van der Waals surface area contributed by atoms with E-state index < -0.39 is 29.3 Å². The van der Waals surface area contributed by atoms with Crippen LogP contribution in [0.25, 0.3) is 0 Å². The zero-order chi connectivity index (χ0) is 21.4. The minimum Gasteiger partial charge on any atom is -0.436 e. The van der Waals surface area contributed by atoms with Crippen molar-refractivity contribution in [2.24, 2.45) is 5.10 Å². The standard InChI is InChI=1S/C19H14F5N3O2/c1-2-27-18(28,14-5-3-4-12(10-14)11-25)17(20,21)16(26-27)29-15-8-6-13(7-9-15)19(22,23)24/h3,6-10,28H,2,5H2,1H3. The first-order chi connectivity index (χ1) is 13.5. The maximum atomic E-state index is 15.2. The number of halogens is 5. The fourth-order valence-electron chi connectivity index (χ4n) is 2.98. The quantitative estimate of drug-likeness (QED) is 0.603. The highest BCUT2D eigenvalue weighted by molar-refractivity contribution is 5.89. The van der Waals surface area contributed by atoms with E-state index in [2.05, 4.69) is 10.8 Å². The minimum atomic E-state index is -4.58. The molecule has 1 N–H and O–H groups in total. The Hall–Kier alpha value is -3.15. The molecule has 1 aliphatic carbocycles. The largest absolute Gasteiger partial charge is 0.436 e. The van der Waals surface area contributed by atoms with Gasteiger partial charge < -0.3 is 9.84 Å². The van der Waals surface area contributed by atoms with Crippen molar-refractivity contribution in [3.8, 4) is 11.8 Å². The Bertz CT molecular complexity index is 983. The fourth-order valence-corrected chi connectivity index (χ4v) is 2.98. The third kappa shape index (κ3) is 3.39. The van der Waals surface area contributed by atoms with Crippen LogP contribution in [0.3, 0.4) is 0 Å². The Morgan fingerprint density at radius 1 is 1.31 bits per heavy atom. The van der Waals surface area contributed by atoms with Crippen molar-refractivity contribution in [3.05, 3.63) is 58.9 Å². The maximum absolute atomic E-state index is 15.2. The van der Waals surface area contributed by atoms with Crippen molar-refractivity contribution in [3.63, 3.8) is 0 Å². The number of ether oxygens (including phenoxy) is 1. The van der Waals surface area contributed by atoms with Gasteiger partial charge >= 0.3 is 12.1 Å². The average molecular weight is 411 g/mol. The van der Waals surface area contributed by atoms with Gasteiger partial charge in [0.1, 0.15) is 11.8 Å². The lowest BCUT2D eigenvalue weighted by Gasteiger charge is -2.37. The predicted molar refractivity (Wildman–Crippen MR) is 91.7 cm³/mol. The van der Waals surface area contributed by atoms with Gasteiger partial charge in [0.05, 0.1) is 11.1 Å². The third-order valence-corrected chi connectivity index (χ3v) is 4.45. The van der Waals surface area contributed by atoms with Gasteiger partial charge in [-0.3, -0.25) is 5.01 Å². The molecule has 0 aromatic heterocycles. The Labute approximate surface area is 162 Å². The topological polar surface area (TPSA) is 68.8 Å². The van der Waals surface area contributed by atoms with Gasteiger partial charge in [-0.1, -0.05) is 0 Å². The number of aliphatic hydroxyl groups is 1. The van der Waals surface area contributed by atoms with Crippen LogP contribution < -0.4 is 4.74 Å². The number of nitriles is 1. The molecule has 1 aromatic carbocycles. The molecule has 0 amide bonds. The summed E-state index contributed by atoms with van der Waals surface area (Å²) in [4.78, 5) is 0. The second-order valence-corrected chi connectivity index (χ2v) is 6.24. The molecule has 1 unspecified atom stereocenters. The highest BCUT2D eigenvalue weighted by Gasteiger charge is 2.68. The van der Waals surface area contributed by atoms with Crippen LogP contribution >= 0.6 is 0 Å². The van der Waals surface area contributed by atoms with Crippen molar-refractivity contribution in [2.45, 2.75) is 31.2 Å². The zero-order valence-electron chi connectivity index (χ0n) is 15.0. The van der Waals surface area contributed by atoms with Gasteiger partial charge in [-0.25, -0.2) is 0 Å². The summed E-state index contributed by atoms with van der Waals surface area (Å²) in [5.41, 5.74) is -1.50. The monoisotopic (exact) mass is 411 g/mol. The van der Waals surface area contributed by atoms with Crippen LogP contribution in [0.4, 0.5) is 22.0 Å². The summed E-state index contributed by atoms with van der Waals surface area (Å²) in [5, 5.41) is 24.3. The number of likely N-dealkylation sites (N-methyl/N-ethyl adjacent to an activating group) is 1. The molecule has 0 bridgehead atoms.